The molecule has 0 saturated heterocycles. The van der Waals surface area contributed by atoms with Crippen molar-refractivity contribution in [1.82, 2.24) is 0 Å². The molecule has 1 saturated carbocycles. The lowest BCUT2D eigenvalue weighted by atomic mass is 9.76. The van der Waals surface area contributed by atoms with Gasteiger partial charge < -0.3 is 10.5 Å². The topological polar surface area (TPSA) is 35.2 Å². The minimum absolute atomic E-state index is 0.00681. The fourth-order valence-electron chi connectivity index (χ4n) is 3.36. The van der Waals surface area contributed by atoms with Crippen LogP contribution in [0.4, 0.5) is 0 Å². The van der Waals surface area contributed by atoms with Gasteiger partial charge in [-0.1, -0.05) is 43.0 Å². The highest BCUT2D eigenvalue weighted by molar-refractivity contribution is 5.34. The maximum absolute atomic E-state index is 6.64. The monoisotopic (exact) mass is 261 g/mol. The van der Waals surface area contributed by atoms with Crippen LogP contribution in [0.1, 0.15) is 61.8 Å². The van der Waals surface area contributed by atoms with E-state index in [9.17, 15) is 0 Å². The Balaban J connectivity index is 2.32. The molecule has 0 heterocycles. The van der Waals surface area contributed by atoms with Crippen molar-refractivity contribution in [2.24, 2.45) is 5.73 Å². The Labute approximate surface area is 117 Å². The molecule has 0 aliphatic heterocycles. The first-order chi connectivity index (χ1) is 9.09. The van der Waals surface area contributed by atoms with Crippen LogP contribution in [0.3, 0.4) is 0 Å². The van der Waals surface area contributed by atoms with Crippen LogP contribution in [0, 0.1) is 13.8 Å². The average molecular weight is 261 g/mol. The fraction of sp³-hybridized carbons (Fsp3) is 0.647. The van der Waals surface area contributed by atoms with Gasteiger partial charge in [0.1, 0.15) is 0 Å². The lowest BCUT2D eigenvalue weighted by Gasteiger charge is -2.42. The molecule has 0 bridgehead atoms. The molecule has 0 spiro atoms. The van der Waals surface area contributed by atoms with Crippen molar-refractivity contribution in [2.45, 2.75) is 64.5 Å². The highest BCUT2D eigenvalue weighted by Crippen LogP contribution is 2.41. The van der Waals surface area contributed by atoms with E-state index in [0.29, 0.717) is 0 Å². The predicted molar refractivity (Wildman–Crippen MR) is 80.3 cm³/mol. The molecule has 2 heteroatoms. The zero-order chi connectivity index (χ0) is 13.9. The van der Waals surface area contributed by atoms with E-state index in [1.54, 1.807) is 0 Å². The Kier molecular flexibility index (Phi) is 4.64. The number of benzene rings is 1. The second-order valence-electron chi connectivity index (χ2n) is 5.90. The van der Waals surface area contributed by atoms with Crippen LogP contribution in [0.15, 0.2) is 18.2 Å². The third-order valence-corrected chi connectivity index (χ3v) is 4.47. The van der Waals surface area contributed by atoms with E-state index in [2.05, 4.69) is 39.0 Å². The summed E-state index contributed by atoms with van der Waals surface area (Å²) in [7, 11) is 0. The first-order valence-corrected chi connectivity index (χ1v) is 7.56. The van der Waals surface area contributed by atoms with Gasteiger partial charge >= 0.3 is 0 Å². The quantitative estimate of drug-likeness (QED) is 0.887. The molecular weight excluding hydrogens is 234 g/mol. The van der Waals surface area contributed by atoms with Gasteiger partial charge in [0.05, 0.1) is 11.6 Å². The highest BCUT2D eigenvalue weighted by Gasteiger charge is 2.39. The molecule has 2 rings (SSSR count). The average Bonchev–Trinajstić information content (AvgIpc) is 2.42. The van der Waals surface area contributed by atoms with Gasteiger partial charge in [-0.2, -0.15) is 0 Å². The molecule has 0 amide bonds. The van der Waals surface area contributed by atoms with E-state index < -0.39 is 0 Å². The van der Waals surface area contributed by atoms with E-state index in [-0.39, 0.29) is 11.6 Å². The van der Waals surface area contributed by atoms with Gasteiger partial charge in [-0.25, -0.2) is 0 Å². The maximum Gasteiger partial charge on any atom is 0.0874 e. The van der Waals surface area contributed by atoms with E-state index in [0.717, 1.165) is 19.4 Å². The zero-order valence-corrected chi connectivity index (χ0v) is 12.5. The molecular formula is C17H27NO. The van der Waals surface area contributed by atoms with Crippen molar-refractivity contribution in [3.05, 3.63) is 34.9 Å². The molecule has 0 radical (unpaired) electrons. The second-order valence-corrected chi connectivity index (χ2v) is 5.90. The normalized spacial score (nSPS) is 20.2. The summed E-state index contributed by atoms with van der Waals surface area (Å²) in [5.41, 5.74) is 10.3. The van der Waals surface area contributed by atoms with Crippen LogP contribution in [0.5, 0.6) is 0 Å². The van der Waals surface area contributed by atoms with Crippen LogP contribution in [-0.4, -0.2) is 12.2 Å². The van der Waals surface area contributed by atoms with Crippen LogP contribution in [0.2, 0.25) is 0 Å². The summed E-state index contributed by atoms with van der Waals surface area (Å²) in [5, 5.41) is 0. The molecule has 19 heavy (non-hydrogen) atoms. The third-order valence-electron chi connectivity index (χ3n) is 4.47. The molecule has 2 nitrogen and oxygen atoms in total. The van der Waals surface area contributed by atoms with Crippen LogP contribution in [0.25, 0.3) is 0 Å². The zero-order valence-electron chi connectivity index (χ0n) is 12.5. The molecule has 2 N–H and O–H groups in total. The third kappa shape index (κ3) is 3.01. The van der Waals surface area contributed by atoms with E-state index in [1.807, 2.05) is 0 Å². The van der Waals surface area contributed by atoms with Gasteiger partial charge in [0.2, 0.25) is 0 Å². The number of aryl methyl sites for hydroxylation is 2. The molecule has 1 aliphatic rings. The Hall–Kier alpha value is -0.860. The first-order valence-electron chi connectivity index (χ1n) is 7.56. The SMILES string of the molecule is CCOC1(C(N)c2cc(C)ccc2C)CCCCC1. The molecule has 106 valence electrons. The number of ether oxygens (including phenoxy) is 1. The van der Waals surface area contributed by atoms with E-state index >= 15 is 0 Å². The van der Waals surface area contributed by atoms with Crippen molar-refractivity contribution >= 4 is 0 Å². The Morgan fingerprint density at radius 2 is 1.89 bits per heavy atom. The van der Waals surface area contributed by atoms with Crippen molar-refractivity contribution in [2.75, 3.05) is 6.61 Å². The van der Waals surface area contributed by atoms with Crippen molar-refractivity contribution in [1.29, 1.82) is 0 Å². The van der Waals surface area contributed by atoms with Crippen LogP contribution >= 0.6 is 0 Å². The molecule has 1 aliphatic carbocycles. The minimum Gasteiger partial charge on any atom is -0.373 e. The predicted octanol–water partition coefficient (Wildman–Crippen LogP) is 4.04. The first kappa shape index (κ1) is 14.5. The number of rotatable bonds is 4. The number of hydrogen-bond donors (Lipinski definition) is 1. The molecule has 1 aromatic rings. The largest absolute Gasteiger partial charge is 0.373 e. The summed E-state index contributed by atoms with van der Waals surface area (Å²) in [6, 6.07) is 6.55. The molecule has 1 atom stereocenters. The van der Waals surface area contributed by atoms with Crippen molar-refractivity contribution < 1.29 is 4.74 Å². The lowest BCUT2D eigenvalue weighted by Crippen LogP contribution is -2.45. The van der Waals surface area contributed by atoms with E-state index in [4.69, 9.17) is 10.5 Å². The molecule has 1 unspecified atom stereocenters. The molecule has 1 fully saturated rings. The summed E-state index contributed by atoms with van der Waals surface area (Å²) in [6.07, 6.45) is 5.97. The van der Waals surface area contributed by atoms with E-state index in [1.165, 1.54) is 36.0 Å². The van der Waals surface area contributed by atoms with Gasteiger partial charge in [0, 0.05) is 6.61 Å². The van der Waals surface area contributed by atoms with Gasteiger partial charge in [-0.15, -0.1) is 0 Å². The summed E-state index contributed by atoms with van der Waals surface area (Å²) < 4.78 is 6.16. The van der Waals surface area contributed by atoms with Crippen molar-refractivity contribution in [3.8, 4) is 0 Å². The molecule has 0 aromatic heterocycles. The lowest BCUT2D eigenvalue weighted by molar-refractivity contribution is -0.0832. The fourth-order valence-corrected chi connectivity index (χ4v) is 3.36. The maximum atomic E-state index is 6.64. The minimum atomic E-state index is -0.147. The summed E-state index contributed by atoms with van der Waals surface area (Å²) in [4.78, 5) is 0. The highest BCUT2D eigenvalue weighted by atomic mass is 16.5. The second kappa shape index (κ2) is 6.06. The Bertz CT molecular complexity index is 416. The van der Waals surface area contributed by atoms with Gasteiger partial charge in [-0.3, -0.25) is 0 Å². The summed E-state index contributed by atoms with van der Waals surface area (Å²) in [5.74, 6) is 0. The summed E-state index contributed by atoms with van der Waals surface area (Å²) in [6.45, 7) is 7.10. The molecule has 1 aromatic carbocycles. The number of hydrogen-bond acceptors (Lipinski definition) is 2. The Morgan fingerprint density at radius 3 is 2.53 bits per heavy atom. The van der Waals surface area contributed by atoms with Crippen LogP contribution < -0.4 is 5.73 Å². The van der Waals surface area contributed by atoms with Gasteiger partial charge in [0.15, 0.2) is 0 Å². The standard InChI is InChI=1S/C17H27NO/c1-4-19-17(10-6-5-7-11-17)16(18)15-12-13(2)8-9-14(15)3/h8-9,12,16H,4-7,10-11,18H2,1-3H3. The van der Waals surface area contributed by atoms with Crippen molar-refractivity contribution in [3.63, 3.8) is 0 Å². The Morgan fingerprint density at radius 1 is 1.21 bits per heavy atom. The summed E-state index contributed by atoms with van der Waals surface area (Å²) >= 11 is 0. The smallest absolute Gasteiger partial charge is 0.0874 e. The van der Waals surface area contributed by atoms with Gasteiger partial charge in [-0.05, 0) is 44.7 Å². The van der Waals surface area contributed by atoms with Crippen LogP contribution in [-0.2, 0) is 4.74 Å². The van der Waals surface area contributed by atoms with Gasteiger partial charge in [0.25, 0.3) is 0 Å². The number of nitrogens with two attached hydrogens (primary N) is 1.